The Balaban J connectivity index is 1.72. The second-order valence-electron chi connectivity index (χ2n) is 5.50. The Hall–Kier alpha value is -2.61. The average Bonchev–Trinajstić information content (AvgIpc) is 3.11. The van der Waals surface area contributed by atoms with Crippen LogP contribution >= 0.6 is 0 Å². The minimum atomic E-state index is -3.23. The van der Waals surface area contributed by atoms with Crippen LogP contribution in [0.3, 0.4) is 0 Å². The van der Waals surface area contributed by atoms with Crippen molar-refractivity contribution in [2.75, 3.05) is 11.6 Å². The summed E-state index contributed by atoms with van der Waals surface area (Å²) in [7, 11) is -3.23. The smallest absolute Gasteiger partial charge is 0.316 e. The van der Waals surface area contributed by atoms with Gasteiger partial charge in [-0.3, -0.25) is 0 Å². The van der Waals surface area contributed by atoms with Crippen molar-refractivity contribution in [1.82, 2.24) is 10.2 Å². The molecule has 0 aliphatic rings. The Morgan fingerprint density at radius 1 is 1.08 bits per heavy atom. The van der Waals surface area contributed by atoms with E-state index in [1.165, 1.54) is 12.1 Å². The molecule has 0 bridgehead atoms. The maximum atomic E-state index is 11.5. The molecule has 24 heavy (non-hydrogen) atoms. The van der Waals surface area contributed by atoms with Crippen molar-refractivity contribution in [3.63, 3.8) is 0 Å². The van der Waals surface area contributed by atoms with Crippen molar-refractivity contribution in [2.45, 2.75) is 25.3 Å². The molecule has 3 rings (SSSR count). The van der Waals surface area contributed by atoms with Gasteiger partial charge in [0.1, 0.15) is 11.5 Å². The predicted molar refractivity (Wildman–Crippen MR) is 88.4 cm³/mol. The van der Waals surface area contributed by atoms with E-state index in [0.29, 0.717) is 18.0 Å². The first-order chi connectivity index (χ1) is 11.3. The lowest BCUT2D eigenvalue weighted by atomic mass is 10.2. The molecule has 0 fully saturated rings. The molecule has 0 atom stereocenters. The van der Waals surface area contributed by atoms with Gasteiger partial charge in [-0.2, -0.15) is 0 Å². The SMILES string of the molecule is Cc1cc(CNc2nnc(-c3ccc(S(C)(=O)=O)cc3)o2)c(C)o1. The van der Waals surface area contributed by atoms with Crippen molar-refractivity contribution in [3.8, 4) is 11.5 Å². The Morgan fingerprint density at radius 2 is 1.79 bits per heavy atom. The Bertz CT molecular complexity index is 956. The summed E-state index contributed by atoms with van der Waals surface area (Å²) in [6.45, 7) is 4.30. The van der Waals surface area contributed by atoms with Gasteiger partial charge in [-0.05, 0) is 44.2 Å². The number of sulfone groups is 1. The van der Waals surface area contributed by atoms with Gasteiger partial charge in [0.05, 0.1) is 4.90 Å². The monoisotopic (exact) mass is 347 g/mol. The second kappa shape index (κ2) is 6.12. The minimum absolute atomic E-state index is 0.245. The van der Waals surface area contributed by atoms with Crippen LogP contribution in [-0.4, -0.2) is 24.9 Å². The van der Waals surface area contributed by atoms with Crippen molar-refractivity contribution >= 4 is 15.9 Å². The lowest BCUT2D eigenvalue weighted by Crippen LogP contribution is -1.99. The zero-order valence-electron chi connectivity index (χ0n) is 13.5. The molecule has 7 nitrogen and oxygen atoms in total. The van der Waals surface area contributed by atoms with Gasteiger partial charge in [0, 0.05) is 23.9 Å². The standard InChI is InChI=1S/C16H17N3O4S/c1-10-8-13(11(2)22-10)9-17-16-19-18-15(23-16)12-4-6-14(7-5-12)24(3,20)21/h4-8H,9H2,1-3H3,(H,17,19). The summed E-state index contributed by atoms with van der Waals surface area (Å²) in [4.78, 5) is 0.245. The van der Waals surface area contributed by atoms with E-state index < -0.39 is 9.84 Å². The van der Waals surface area contributed by atoms with E-state index in [-0.39, 0.29) is 10.9 Å². The van der Waals surface area contributed by atoms with Crippen LogP contribution in [0.5, 0.6) is 0 Å². The minimum Gasteiger partial charge on any atom is -0.466 e. The van der Waals surface area contributed by atoms with Crippen molar-refractivity contribution in [3.05, 3.63) is 47.4 Å². The van der Waals surface area contributed by atoms with E-state index in [1.54, 1.807) is 12.1 Å². The normalized spacial score (nSPS) is 11.6. The molecule has 3 aromatic rings. The van der Waals surface area contributed by atoms with Gasteiger partial charge in [-0.15, -0.1) is 5.10 Å². The van der Waals surface area contributed by atoms with E-state index in [9.17, 15) is 8.42 Å². The largest absolute Gasteiger partial charge is 0.466 e. The molecule has 0 spiro atoms. The maximum Gasteiger partial charge on any atom is 0.316 e. The van der Waals surface area contributed by atoms with Crippen LogP contribution < -0.4 is 5.32 Å². The molecule has 0 saturated carbocycles. The highest BCUT2D eigenvalue weighted by Gasteiger charge is 2.12. The zero-order valence-corrected chi connectivity index (χ0v) is 14.3. The van der Waals surface area contributed by atoms with Crippen LogP contribution in [0.1, 0.15) is 17.1 Å². The molecular weight excluding hydrogens is 330 g/mol. The number of aryl methyl sites for hydroxylation is 2. The highest BCUT2D eigenvalue weighted by Crippen LogP contribution is 2.22. The number of nitrogens with one attached hydrogen (secondary N) is 1. The quantitative estimate of drug-likeness (QED) is 0.757. The lowest BCUT2D eigenvalue weighted by Gasteiger charge is -2.00. The number of benzene rings is 1. The van der Waals surface area contributed by atoms with Gasteiger partial charge in [-0.1, -0.05) is 5.10 Å². The molecule has 1 N–H and O–H groups in total. The number of nitrogens with zero attached hydrogens (tertiary/aromatic N) is 2. The second-order valence-corrected chi connectivity index (χ2v) is 7.52. The summed E-state index contributed by atoms with van der Waals surface area (Å²) in [5.74, 6) is 2.01. The number of hydrogen-bond acceptors (Lipinski definition) is 7. The summed E-state index contributed by atoms with van der Waals surface area (Å²) in [6, 6.07) is 8.53. The van der Waals surface area contributed by atoms with Gasteiger partial charge >= 0.3 is 6.01 Å². The van der Waals surface area contributed by atoms with Crippen LogP contribution in [0.15, 0.2) is 44.1 Å². The first kappa shape index (κ1) is 16.3. The molecule has 1 aromatic carbocycles. The Labute approximate surface area is 139 Å². The predicted octanol–water partition coefficient (Wildman–Crippen LogP) is 2.96. The summed E-state index contributed by atoms with van der Waals surface area (Å²) in [5, 5.41) is 10.9. The summed E-state index contributed by atoms with van der Waals surface area (Å²) >= 11 is 0. The molecule has 0 amide bonds. The fourth-order valence-electron chi connectivity index (χ4n) is 2.29. The van der Waals surface area contributed by atoms with Crippen LogP contribution in [0.4, 0.5) is 6.01 Å². The zero-order chi connectivity index (χ0) is 17.3. The molecule has 126 valence electrons. The van der Waals surface area contributed by atoms with E-state index in [1.807, 2.05) is 19.9 Å². The van der Waals surface area contributed by atoms with Gasteiger partial charge in [0.25, 0.3) is 0 Å². The molecule has 2 heterocycles. The molecule has 0 radical (unpaired) electrons. The number of furan rings is 1. The fraction of sp³-hybridized carbons (Fsp3) is 0.250. The Kier molecular flexibility index (Phi) is 4.15. The molecule has 0 saturated heterocycles. The van der Waals surface area contributed by atoms with E-state index in [4.69, 9.17) is 8.83 Å². The van der Waals surface area contributed by atoms with Crippen molar-refractivity contribution < 1.29 is 17.3 Å². The van der Waals surface area contributed by atoms with E-state index in [0.717, 1.165) is 23.3 Å². The van der Waals surface area contributed by atoms with Crippen LogP contribution in [0.25, 0.3) is 11.5 Å². The van der Waals surface area contributed by atoms with Crippen LogP contribution in [0.2, 0.25) is 0 Å². The topological polar surface area (TPSA) is 98.2 Å². The van der Waals surface area contributed by atoms with Crippen molar-refractivity contribution in [2.24, 2.45) is 0 Å². The maximum absolute atomic E-state index is 11.5. The molecule has 0 aliphatic heterocycles. The third-order valence-corrected chi connectivity index (χ3v) is 4.66. The fourth-order valence-corrected chi connectivity index (χ4v) is 2.92. The molecule has 2 aromatic heterocycles. The van der Waals surface area contributed by atoms with Crippen molar-refractivity contribution in [1.29, 1.82) is 0 Å². The number of hydrogen-bond donors (Lipinski definition) is 1. The highest BCUT2D eigenvalue weighted by molar-refractivity contribution is 7.90. The molecule has 8 heteroatoms. The number of aromatic nitrogens is 2. The van der Waals surface area contributed by atoms with Crippen LogP contribution in [0, 0.1) is 13.8 Å². The first-order valence-electron chi connectivity index (χ1n) is 7.27. The average molecular weight is 347 g/mol. The summed E-state index contributed by atoms with van der Waals surface area (Å²) in [5.41, 5.74) is 1.67. The first-order valence-corrected chi connectivity index (χ1v) is 9.16. The third-order valence-electron chi connectivity index (χ3n) is 3.53. The number of rotatable bonds is 5. The van der Waals surface area contributed by atoms with Gasteiger partial charge in [0.2, 0.25) is 5.89 Å². The third kappa shape index (κ3) is 3.48. The highest BCUT2D eigenvalue weighted by atomic mass is 32.2. The van der Waals surface area contributed by atoms with E-state index >= 15 is 0 Å². The molecular formula is C16H17N3O4S. The summed E-state index contributed by atoms with van der Waals surface area (Å²) < 4.78 is 33.9. The van der Waals surface area contributed by atoms with E-state index in [2.05, 4.69) is 15.5 Å². The van der Waals surface area contributed by atoms with Gasteiger partial charge in [-0.25, -0.2) is 8.42 Å². The van der Waals surface area contributed by atoms with Gasteiger partial charge in [0.15, 0.2) is 9.84 Å². The van der Waals surface area contributed by atoms with Gasteiger partial charge < -0.3 is 14.2 Å². The lowest BCUT2D eigenvalue weighted by molar-refractivity contribution is 0.501. The number of anilines is 1. The molecule has 0 unspecified atom stereocenters. The van der Waals surface area contributed by atoms with Crippen LogP contribution in [-0.2, 0) is 16.4 Å². The summed E-state index contributed by atoms with van der Waals surface area (Å²) in [6.07, 6.45) is 1.16. The molecule has 0 aliphatic carbocycles. The Morgan fingerprint density at radius 3 is 2.38 bits per heavy atom.